The molecule has 5 nitrogen and oxygen atoms in total. The monoisotopic (exact) mass is 285 g/mol. The van der Waals surface area contributed by atoms with Crippen LogP contribution in [0.2, 0.25) is 0 Å². The summed E-state index contributed by atoms with van der Waals surface area (Å²) < 4.78 is 5.80. The van der Waals surface area contributed by atoms with Crippen LogP contribution in [0.5, 0.6) is 0 Å². The van der Waals surface area contributed by atoms with Crippen LogP contribution in [0, 0.1) is 0 Å². The van der Waals surface area contributed by atoms with Gasteiger partial charge in [0.15, 0.2) is 5.76 Å². The van der Waals surface area contributed by atoms with E-state index in [0.717, 1.165) is 37.1 Å². The van der Waals surface area contributed by atoms with Crippen LogP contribution < -0.4 is 5.73 Å². The second-order valence-corrected chi connectivity index (χ2v) is 5.37. The zero-order chi connectivity index (χ0) is 14.7. The Morgan fingerprint density at radius 3 is 2.90 bits per heavy atom. The summed E-state index contributed by atoms with van der Waals surface area (Å²) in [5.74, 6) is 1.12. The van der Waals surface area contributed by atoms with Gasteiger partial charge in [-0.3, -0.25) is 9.69 Å². The molecule has 1 atom stereocenters. The van der Waals surface area contributed by atoms with Gasteiger partial charge in [-0.15, -0.1) is 0 Å². The van der Waals surface area contributed by atoms with Crippen LogP contribution in [0.1, 0.15) is 25.2 Å². The highest BCUT2D eigenvalue weighted by molar-refractivity contribution is 5.79. The minimum atomic E-state index is -0.260. The van der Waals surface area contributed by atoms with Gasteiger partial charge in [0, 0.05) is 5.56 Å². The highest BCUT2D eigenvalue weighted by Crippen LogP contribution is 2.23. The van der Waals surface area contributed by atoms with Crippen molar-refractivity contribution in [1.29, 1.82) is 0 Å². The van der Waals surface area contributed by atoms with Crippen LogP contribution in [0.15, 0.2) is 40.9 Å². The molecule has 2 N–H and O–H groups in total. The maximum absolute atomic E-state index is 11.5. The number of likely N-dealkylation sites (tertiary alicyclic amines) is 1. The molecular weight excluding hydrogens is 266 g/mol. The lowest BCUT2D eigenvalue weighted by molar-refractivity contribution is -0.124. The van der Waals surface area contributed by atoms with Crippen LogP contribution in [0.4, 0.5) is 0 Å². The molecule has 2 heterocycles. The molecule has 1 fully saturated rings. The molecule has 110 valence electrons. The molecule has 0 unspecified atom stereocenters. The highest BCUT2D eigenvalue weighted by atomic mass is 16.4. The summed E-state index contributed by atoms with van der Waals surface area (Å²) in [7, 11) is 0. The lowest BCUT2D eigenvalue weighted by Gasteiger charge is -2.32. The second kappa shape index (κ2) is 6.10. The molecule has 2 aromatic rings. The quantitative estimate of drug-likeness (QED) is 0.934. The van der Waals surface area contributed by atoms with Crippen LogP contribution >= 0.6 is 0 Å². The SMILES string of the molecule is NC(=O)[C@@H]1CCCCN1Cc1ncc(-c2ccccc2)o1. The van der Waals surface area contributed by atoms with E-state index >= 15 is 0 Å². The van der Waals surface area contributed by atoms with E-state index in [-0.39, 0.29) is 11.9 Å². The molecule has 1 aliphatic rings. The number of carbonyl (C=O) groups excluding carboxylic acids is 1. The van der Waals surface area contributed by atoms with Gasteiger partial charge in [-0.2, -0.15) is 0 Å². The molecule has 21 heavy (non-hydrogen) atoms. The lowest BCUT2D eigenvalue weighted by Crippen LogP contribution is -2.47. The maximum atomic E-state index is 11.5. The number of primary amides is 1. The van der Waals surface area contributed by atoms with E-state index in [1.165, 1.54) is 0 Å². The Labute approximate surface area is 123 Å². The smallest absolute Gasteiger partial charge is 0.234 e. The number of aromatic nitrogens is 1. The van der Waals surface area contributed by atoms with E-state index in [9.17, 15) is 4.79 Å². The third-order valence-corrected chi connectivity index (χ3v) is 3.89. The molecule has 0 bridgehead atoms. The molecule has 0 saturated carbocycles. The van der Waals surface area contributed by atoms with Crippen molar-refractivity contribution >= 4 is 5.91 Å². The fraction of sp³-hybridized carbons (Fsp3) is 0.375. The second-order valence-electron chi connectivity index (χ2n) is 5.37. The Kier molecular flexibility index (Phi) is 4.01. The normalized spacial score (nSPS) is 19.5. The Balaban J connectivity index is 1.73. The first-order chi connectivity index (χ1) is 10.2. The Morgan fingerprint density at radius 2 is 2.14 bits per heavy atom. The topological polar surface area (TPSA) is 72.4 Å². The van der Waals surface area contributed by atoms with Crippen LogP contribution in [-0.2, 0) is 11.3 Å². The van der Waals surface area contributed by atoms with E-state index in [4.69, 9.17) is 10.2 Å². The molecule has 1 amide bonds. The van der Waals surface area contributed by atoms with Crippen molar-refractivity contribution in [2.45, 2.75) is 31.8 Å². The van der Waals surface area contributed by atoms with Crippen molar-refractivity contribution in [2.75, 3.05) is 6.54 Å². The van der Waals surface area contributed by atoms with Gasteiger partial charge in [-0.05, 0) is 19.4 Å². The van der Waals surface area contributed by atoms with Crippen LogP contribution in [-0.4, -0.2) is 28.4 Å². The minimum Gasteiger partial charge on any atom is -0.439 e. The molecule has 5 heteroatoms. The zero-order valence-electron chi connectivity index (χ0n) is 11.9. The van der Waals surface area contributed by atoms with E-state index < -0.39 is 0 Å². The summed E-state index contributed by atoms with van der Waals surface area (Å²) in [5, 5.41) is 0. The fourth-order valence-corrected chi connectivity index (χ4v) is 2.80. The van der Waals surface area contributed by atoms with Crippen molar-refractivity contribution in [3.05, 3.63) is 42.4 Å². The van der Waals surface area contributed by atoms with Crippen LogP contribution in [0.3, 0.4) is 0 Å². The van der Waals surface area contributed by atoms with Crippen molar-refractivity contribution in [2.24, 2.45) is 5.73 Å². The summed E-state index contributed by atoms with van der Waals surface area (Å²) in [5.41, 5.74) is 6.48. The number of piperidine rings is 1. The summed E-state index contributed by atoms with van der Waals surface area (Å²) in [6, 6.07) is 9.66. The third-order valence-electron chi connectivity index (χ3n) is 3.89. The first kappa shape index (κ1) is 13.8. The van der Waals surface area contributed by atoms with Gasteiger partial charge < -0.3 is 10.2 Å². The average Bonchev–Trinajstić information content (AvgIpc) is 2.97. The summed E-state index contributed by atoms with van der Waals surface area (Å²) in [4.78, 5) is 17.9. The van der Waals surface area contributed by atoms with Gasteiger partial charge in [0.05, 0.1) is 18.8 Å². The molecule has 1 aromatic carbocycles. The van der Waals surface area contributed by atoms with Crippen molar-refractivity contribution in [3.63, 3.8) is 0 Å². The van der Waals surface area contributed by atoms with E-state index in [1.807, 2.05) is 30.3 Å². The number of carbonyl (C=O) groups is 1. The largest absolute Gasteiger partial charge is 0.439 e. The minimum absolute atomic E-state index is 0.203. The highest BCUT2D eigenvalue weighted by Gasteiger charge is 2.27. The van der Waals surface area contributed by atoms with Gasteiger partial charge in [-0.25, -0.2) is 4.98 Å². The standard InChI is InChI=1S/C16H19N3O2/c17-16(20)13-8-4-5-9-19(13)11-15-18-10-14(21-15)12-6-2-1-3-7-12/h1-3,6-7,10,13H,4-5,8-9,11H2,(H2,17,20)/t13-/m0/s1. The summed E-state index contributed by atoms with van der Waals surface area (Å²) in [6.45, 7) is 1.39. The lowest BCUT2D eigenvalue weighted by atomic mass is 10.0. The first-order valence-corrected chi connectivity index (χ1v) is 7.27. The Hall–Kier alpha value is -2.14. The van der Waals surface area contributed by atoms with Gasteiger partial charge in [0.1, 0.15) is 0 Å². The molecule has 0 aliphatic carbocycles. The summed E-state index contributed by atoms with van der Waals surface area (Å²) >= 11 is 0. The van der Waals surface area contributed by atoms with Gasteiger partial charge in [0.25, 0.3) is 0 Å². The number of hydrogen-bond donors (Lipinski definition) is 1. The molecule has 0 radical (unpaired) electrons. The fourth-order valence-electron chi connectivity index (χ4n) is 2.80. The Morgan fingerprint density at radius 1 is 1.33 bits per heavy atom. The van der Waals surface area contributed by atoms with E-state index in [2.05, 4.69) is 9.88 Å². The average molecular weight is 285 g/mol. The Bertz CT molecular complexity index is 609. The van der Waals surface area contributed by atoms with Gasteiger partial charge in [-0.1, -0.05) is 36.8 Å². The van der Waals surface area contributed by atoms with E-state index in [1.54, 1.807) is 6.20 Å². The van der Waals surface area contributed by atoms with Crippen molar-refractivity contribution < 1.29 is 9.21 Å². The van der Waals surface area contributed by atoms with Gasteiger partial charge in [0.2, 0.25) is 11.8 Å². The maximum Gasteiger partial charge on any atom is 0.234 e. The van der Waals surface area contributed by atoms with Crippen LogP contribution in [0.25, 0.3) is 11.3 Å². The molecule has 1 saturated heterocycles. The zero-order valence-corrected chi connectivity index (χ0v) is 11.9. The van der Waals surface area contributed by atoms with Gasteiger partial charge >= 0.3 is 0 Å². The van der Waals surface area contributed by atoms with Crippen molar-refractivity contribution in [3.8, 4) is 11.3 Å². The van der Waals surface area contributed by atoms with E-state index in [0.29, 0.717) is 12.4 Å². The summed E-state index contributed by atoms with van der Waals surface area (Å²) in [6.07, 6.45) is 4.68. The predicted octanol–water partition coefficient (Wildman–Crippen LogP) is 2.18. The van der Waals surface area contributed by atoms with Crippen molar-refractivity contribution in [1.82, 2.24) is 9.88 Å². The molecule has 3 rings (SSSR count). The number of hydrogen-bond acceptors (Lipinski definition) is 4. The molecule has 0 spiro atoms. The number of amides is 1. The number of nitrogens with zero attached hydrogens (tertiary/aromatic N) is 2. The number of benzene rings is 1. The number of nitrogens with two attached hydrogens (primary N) is 1. The third kappa shape index (κ3) is 3.13. The predicted molar refractivity (Wildman–Crippen MR) is 79.2 cm³/mol. The number of oxazole rings is 1. The molecular formula is C16H19N3O2. The first-order valence-electron chi connectivity index (χ1n) is 7.27. The molecule has 1 aromatic heterocycles. The molecule has 1 aliphatic heterocycles. The number of rotatable bonds is 4.